The Bertz CT molecular complexity index is 495. The van der Waals surface area contributed by atoms with Crippen molar-refractivity contribution < 1.29 is 4.74 Å². The van der Waals surface area contributed by atoms with Gasteiger partial charge < -0.3 is 4.74 Å². The topological polar surface area (TPSA) is 35.0 Å². The van der Waals surface area contributed by atoms with Gasteiger partial charge in [-0.05, 0) is 22.0 Å². The number of fused-ring (bicyclic) bond motifs is 1. The average Bonchev–Trinajstić information content (AvgIpc) is 2.59. The molecule has 2 aromatic heterocycles. The largest absolute Gasteiger partial charge is 0.480 e. The Hall–Kier alpha value is -0.680. The molecule has 0 aliphatic rings. The smallest absolute Gasteiger partial charge is 0.229 e. The summed E-state index contributed by atoms with van der Waals surface area (Å²) in [6.45, 7) is 4.26. The fourth-order valence-corrected chi connectivity index (χ4v) is 2.62. The Kier molecular flexibility index (Phi) is 2.93. The molecule has 2 heterocycles. The van der Waals surface area contributed by atoms with E-state index in [4.69, 9.17) is 4.74 Å². The summed E-state index contributed by atoms with van der Waals surface area (Å²) >= 11 is 5.02. The Labute approximate surface area is 101 Å². The van der Waals surface area contributed by atoms with Crippen LogP contribution in [0.5, 0.6) is 5.88 Å². The van der Waals surface area contributed by atoms with Crippen molar-refractivity contribution in [3.05, 3.63) is 15.5 Å². The molecule has 80 valence electrons. The molecule has 0 saturated heterocycles. The van der Waals surface area contributed by atoms with E-state index in [-0.39, 0.29) is 0 Å². The van der Waals surface area contributed by atoms with Crippen molar-refractivity contribution in [3.8, 4) is 5.88 Å². The normalized spacial score (nSPS) is 11.3. The molecule has 0 N–H and O–H groups in total. The Morgan fingerprint density at radius 1 is 1.40 bits per heavy atom. The Morgan fingerprint density at radius 2 is 2.13 bits per heavy atom. The fourth-order valence-electron chi connectivity index (χ4n) is 1.23. The lowest BCUT2D eigenvalue weighted by atomic mass is 10.2. The van der Waals surface area contributed by atoms with E-state index in [1.807, 2.05) is 6.07 Å². The van der Waals surface area contributed by atoms with Crippen LogP contribution in [-0.2, 0) is 0 Å². The molecule has 15 heavy (non-hydrogen) atoms. The highest BCUT2D eigenvalue weighted by molar-refractivity contribution is 9.10. The van der Waals surface area contributed by atoms with E-state index in [0.717, 1.165) is 19.8 Å². The number of methoxy groups -OCH3 is 1. The van der Waals surface area contributed by atoms with Crippen LogP contribution in [0.3, 0.4) is 0 Å². The predicted molar refractivity (Wildman–Crippen MR) is 65.8 cm³/mol. The molecule has 0 atom stereocenters. The lowest BCUT2D eigenvalue weighted by Gasteiger charge is -1.99. The van der Waals surface area contributed by atoms with Crippen molar-refractivity contribution >= 4 is 37.6 Å². The van der Waals surface area contributed by atoms with E-state index in [0.29, 0.717) is 11.8 Å². The monoisotopic (exact) mass is 286 g/mol. The summed E-state index contributed by atoms with van der Waals surface area (Å²) in [5.74, 6) is 1.05. The number of hydrogen-bond donors (Lipinski definition) is 0. The first-order valence-electron chi connectivity index (χ1n) is 4.62. The Morgan fingerprint density at radius 3 is 2.73 bits per heavy atom. The molecule has 2 aromatic rings. The first-order chi connectivity index (χ1) is 7.11. The first-order valence-corrected chi connectivity index (χ1v) is 6.23. The van der Waals surface area contributed by atoms with E-state index in [1.54, 1.807) is 18.4 Å². The highest BCUT2D eigenvalue weighted by Crippen LogP contribution is 2.31. The zero-order chi connectivity index (χ0) is 11.0. The Balaban J connectivity index is 2.61. The third-order valence-corrected chi connectivity index (χ3v) is 3.84. The van der Waals surface area contributed by atoms with Crippen molar-refractivity contribution in [3.63, 3.8) is 0 Å². The third kappa shape index (κ3) is 1.99. The predicted octanol–water partition coefficient (Wildman–Crippen LogP) is 3.59. The molecule has 0 amide bonds. The summed E-state index contributed by atoms with van der Waals surface area (Å²) < 4.78 is 5.99. The minimum atomic E-state index is 0.439. The summed E-state index contributed by atoms with van der Waals surface area (Å²) in [6.07, 6.45) is 0. The molecule has 0 unspecified atom stereocenters. The SMILES string of the molecule is COc1nc2sc(C(C)C)nc2cc1Br. The molecule has 0 bridgehead atoms. The lowest BCUT2D eigenvalue weighted by Crippen LogP contribution is -1.88. The maximum atomic E-state index is 5.14. The molecule has 0 aliphatic heterocycles. The van der Waals surface area contributed by atoms with Crippen LogP contribution in [0.4, 0.5) is 0 Å². The highest BCUT2D eigenvalue weighted by Gasteiger charge is 2.11. The van der Waals surface area contributed by atoms with Gasteiger partial charge in [-0.25, -0.2) is 4.98 Å². The van der Waals surface area contributed by atoms with Crippen molar-refractivity contribution in [1.82, 2.24) is 9.97 Å². The van der Waals surface area contributed by atoms with Crippen LogP contribution in [0.15, 0.2) is 10.5 Å². The molecule has 0 aliphatic carbocycles. The fraction of sp³-hybridized carbons (Fsp3) is 0.400. The number of thiazole rings is 1. The zero-order valence-electron chi connectivity index (χ0n) is 8.74. The molecular weight excluding hydrogens is 276 g/mol. The van der Waals surface area contributed by atoms with Crippen LogP contribution in [0.25, 0.3) is 10.3 Å². The maximum absolute atomic E-state index is 5.14. The van der Waals surface area contributed by atoms with E-state index >= 15 is 0 Å². The molecule has 0 spiro atoms. The summed E-state index contributed by atoms with van der Waals surface area (Å²) in [4.78, 5) is 9.83. The lowest BCUT2D eigenvalue weighted by molar-refractivity contribution is 0.397. The van der Waals surface area contributed by atoms with Crippen LogP contribution in [0.1, 0.15) is 24.8 Å². The van der Waals surface area contributed by atoms with Gasteiger partial charge >= 0.3 is 0 Å². The van der Waals surface area contributed by atoms with Crippen molar-refractivity contribution in [2.75, 3.05) is 7.11 Å². The van der Waals surface area contributed by atoms with Gasteiger partial charge in [-0.1, -0.05) is 25.2 Å². The average molecular weight is 287 g/mol. The second-order valence-corrected chi connectivity index (χ2v) is 5.37. The minimum Gasteiger partial charge on any atom is -0.480 e. The van der Waals surface area contributed by atoms with E-state index in [2.05, 4.69) is 39.7 Å². The third-order valence-electron chi connectivity index (χ3n) is 2.01. The molecular formula is C10H11BrN2OS. The van der Waals surface area contributed by atoms with Gasteiger partial charge in [0.1, 0.15) is 10.3 Å². The van der Waals surface area contributed by atoms with E-state index < -0.39 is 0 Å². The summed E-state index contributed by atoms with van der Waals surface area (Å²) in [5, 5.41) is 1.11. The number of nitrogens with zero attached hydrogens (tertiary/aromatic N) is 2. The van der Waals surface area contributed by atoms with E-state index in [9.17, 15) is 0 Å². The quantitative estimate of drug-likeness (QED) is 0.846. The number of aromatic nitrogens is 2. The number of pyridine rings is 1. The van der Waals surface area contributed by atoms with Gasteiger partial charge in [-0.3, -0.25) is 0 Å². The van der Waals surface area contributed by atoms with Crippen molar-refractivity contribution in [1.29, 1.82) is 0 Å². The number of hydrogen-bond acceptors (Lipinski definition) is 4. The number of rotatable bonds is 2. The van der Waals surface area contributed by atoms with Gasteiger partial charge in [0.25, 0.3) is 0 Å². The second-order valence-electron chi connectivity index (χ2n) is 3.51. The van der Waals surface area contributed by atoms with Crippen LogP contribution in [0, 0.1) is 0 Å². The molecule has 0 aromatic carbocycles. The van der Waals surface area contributed by atoms with Crippen LogP contribution < -0.4 is 4.74 Å². The summed E-state index contributed by atoms with van der Waals surface area (Å²) in [7, 11) is 1.61. The van der Waals surface area contributed by atoms with E-state index in [1.165, 1.54) is 0 Å². The molecule has 5 heteroatoms. The maximum Gasteiger partial charge on any atom is 0.229 e. The van der Waals surface area contributed by atoms with Gasteiger partial charge in [0, 0.05) is 5.92 Å². The zero-order valence-corrected chi connectivity index (χ0v) is 11.1. The number of ether oxygens (including phenoxy) is 1. The van der Waals surface area contributed by atoms with Gasteiger partial charge in [0.15, 0.2) is 0 Å². The van der Waals surface area contributed by atoms with Crippen molar-refractivity contribution in [2.45, 2.75) is 19.8 Å². The molecule has 2 rings (SSSR count). The molecule has 0 fully saturated rings. The first kappa shape index (κ1) is 10.8. The van der Waals surface area contributed by atoms with Crippen LogP contribution in [-0.4, -0.2) is 17.1 Å². The van der Waals surface area contributed by atoms with Gasteiger partial charge in [-0.15, -0.1) is 0 Å². The van der Waals surface area contributed by atoms with Gasteiger partial charge in [0.2, 0.25) is 5.88 Å². The minimum absolute atomic E-state index is 0.439. The summed E-state index contributed by atoms with van der Waals surface area (Å²) in [5.41, 5.74) is 0.927. The second kappa shape index (κ2) is 4.06. The molecule has 3 nitrogen and oxygen atoms in total. The van der Waals surface area contributed by atoms with Crippen molar-refractivity contribution in [2.24, 2.45) is 0 Å². The highest BCUT2D eigenvalue weighted by atomic mass is 79.9. The van der Waals surface area contributed by atoms with Crippen LogP contribution >= 0.6 is 27.3 Å². The standard InChI is InChI=1S/C10H11BrN2OS/c1-5(2)9-12-7-4-6(11)8(14-3)13-10(7)15-9/h4-5H,1-3H3. The summed E-state index contributed by atoms with van der Waals surface area (Å²) in [6, 6.07) is 1.95. The molecule has 0 saturated carbocycles. The van der Waals surface area contributed by atoms with Gasteiger partial charge in [-0.2, -0.15) is 4.98 Å². The molecule has 0 radical (unpaired) electrons. The number of halogens is 1. The van der Waals surface area contributed by atoms with Crippen LogP contribution in [0.2, 0.25) is 0 Å². The van der Waals surface area contributed by atoms with Gasteiger partial charge in [0.05, 0.1) is 16.6 Å².